The van der Waals surface area contributed by atoms with Crippen molar-refractivity contribution in [2.75, 3.05) is 12.0 Å². The van der Waals surface area contributed by atoms with E-state index in [0.29, 0.717) is 22.6 Å². The van der Waals surface area contributed by atoms with Crippen LogP contribution in [0, 0.1) is 0 Å². The maximum Gasteiger partial charge on any atom is 0.527 e. The normalized spacial score (nSPS) is 16.8. The topological polar surface area (TPSA) is 153 Å². The fraction of sp³-hybridized carbons (Fsp3) is 0.250. The van der Waals surface area contributed by atoms with Gasteiger partial charge in [-0.05, 0) is 79.4 Å². The number of benzene rings is 5. The Morgan fingerprint density at radius 2 is 1.41 bits per heavy atom. The van der Waals surface area contributed by atoms with Gasteiger partial charge in [0.25, 0.3) is 5.91 Å². The highest BCUT2D eigenvalue weighted by atomic mass is 32.2. The zero-order chi connectivity index (χ0) is 41.3. The molecule has 0 spiro atoms. The molecule has 1 aliphatic heterocycles. The molecule has 0 aromatic heterocycles. The first-order chi connectivity index (χ1) is 27.8. The van der Waals surface area contributed by atoms with E-state index in [4.69, 9.17) is 18.5 Å². The molecule has 1 aliphatic rings. The average molecular weight is 824 g/mol. The van der Waals surface area contributed by atoms with Crippen LogP contribution in [0.25, 0.3) is 0 Å². The lowest BCUT2D eigenvalue weighted by Crippen LogP contribution is -2.56. The SMILES string of the molecule is COc1ccc(C2Sc3ccccc3N(Cc3ccccc3)C(=O)C2NC(=O)[C@H](Cc2ccc(OP(=O)(O)OCc3ccccc3)cc2)NC(=O)OC(C)(C)C)cc1. The van der Waals surface area contributed by atoms with Gasteiger partial charge in [-0.2, -0.15) is 0 Å². The Kier molecular flexibility index (Phi) is 13.6. The van der Waals surface area contributed by atoms with Crippen molar-refractivity contribution >= 4 is 43.2 Å². The second-order valence-corrected chi connectivity index (χ2v) is 17.1. The number of nitrogens with zero attached hydrogens (tertiary/aromatic N) is 1. The molecule has 3 unspecified atom stereocenters. The van der Waals surface area contributed by atoms with Crippen molar-refractivity contribution in [1.29, 1.82) is 0 Å². The van der Waals surface area contributed by atoms with Gasteiger partial charge in [-0.1, -0.05) is 97.1 Å². The molecule has 1 heterocycles. The van der Waals surface area contributed by atoms with Gasteiger partial charge in [0.1, 0.15) is 29.2 Å². The molecule has 3 amide bonds. The molecule has 14 heteroatoms. The molecule has 0 saturated carbocycles. The van der Waals surface area contributed by atoms with E-state index in [1.54, 1.807) is 69.2 Å². The highest BCUT2D eigenvalue weighted by Crippen LogP contribution is 2.47. The number of fused-ring (bicyclic) bond motifs is 1. The van der Waals surface area contributed by atoms with Gasteiger partial charge in [0.15, 0.2) is 0 Å². The summed E-state index contributed by atoms with van der Waals surface area (Å²) >= 11 is 1.46. The van der Waals surface area contributed by atoms with Gasteiger partial charge in [0.05, 0.1) is 31.2 Å². The Bertz CT molecular complexity index is 2220. The Balaban J connectivity index is 1.28. The largest absolute Gasteiger partial charge is 0.527 e. The first kappa shape index (κ1) is 42.0. The van der Waals surface area contributed by atoms with E-state index in [9.17, 15) is 23.8 Å². The third kappa shape index (κ3) is 11.5. The second kappa shape index (κ2) is 18.8. The molecule has 5 aromatic carbocycles. The molecule has 12 nitrogen and oxygen atoms in total. The summed E-state index contributed by atoms with van der Waals surface area (Å²) in [7, 11) is -2.90. The maximum atomic E-state index is 14.9. The van der Waals surface area contributed by atoms with E-state index in [1.807, 2.05) is 84.9 Å². The predicted molar refractivity (Wildman–Crippen MR) is 223 cm³/mol. The Labute approximate surface area is 342 Å². The molecule has 0 radical (unpaired) electrons. The molecular weight excluding hydrogens is 778 g/mol. The minimum Gasteiger partial charge on any atom is -0.497 e. The number of amides is 3. The number of para-hydroxylation sites is 1. The Hall–Kier alpha value is -5.59. The lowest BCUT2D eigenvalue weighted by Gasteiger charge is -2.30. The van der Waals surface area contributed by atoms with Crippen LogP contribution >= 0.6 is 19.6 Å². The second-order valence-electron chi connectivity index (χ2n) is 14.5. The van der Waals surface area contributed by atoms with Gasteiger partial charge in [-0.25, -0.2) is 9.36 Å². The number of carbonyl (C=O) groups is 3. The quantitative estimate of drug-likeness (QED) is 0.0932. The number of hydrogen-bond donors (Lipinski definition) is 3. The van der Waals surface area contributed by atoms with Crippen LogP contribution in [0.1, 0.15) is 48.3 Å². The van der Waals surface area contributed by atoms with Crippen LogP contribution in [0.2, 0.25) is 0 Å². The number of ether oxygens (including phenoxy) is 2. The lowest BCUT2D eigenvalue weighted by molar-refractivity contribution is -0.128. The van der Waals surface area contributed by atoms with Gasteiger partial charge in [-0.3, -0.25) is 19.0 Å². The van der Waals surface area contributed by atoms with Gasteiger partial charge in [0, 0.05) is 11.3 Å². The predicted octanol–water partition coefficient (Wildman–Crippen LogP) is 8.39. The number of alkyl carbamates (subject to hydrolysis) is 1. The summed E-state index contributed by atoms with van der Waals surface area (Å²) in [6, 6.07) is 37.4. The number of carbonyl (C=O) groups excluding carboxylic acids is 3. The highest BCUT2D eigenvalue weighted by Gasteiger charge is 2.41. The summed E-state index contributed by atoms with van der Waals surface area (Å²) in [6.07, 6.45) is -0.849. The summed E-state index contributed by atoms with van der Waals surface area (Å²) in [5.74, 6) is -0.260. The molecule has 0 bridgehead atoms. The van der Waals surface area contributed by atoms with Crippen LogP contribution in [0.5, 0.6) is 11.5 Å². The van der Waals surface area contributed by atoms with Gasteiger partial charge in [0.2, 0.25) is 5.91 Å². The van der Waals surface area contributed by atoms with E-state index >= 15 is 0 Å². The number of hydrogen-bond acceptors (Lipinski definition) is 9. The van der Waals surface area contributed by atoms with Crippen molar-refractivity contribution in [2.24, 2.45) is 0 Å². The third-order valence-corrected chi connectivity index (χ3v) is 11.3. The summed E-state index contributed by atoms with van der Waals surface area (Å²) in [6.45, 7) is 5.26. The molecule has 4 atom stereocenters. The zero-order valence-corrected chi connectivity index (χ0v) is 34.3. The number of phosphoric ester groups is 1. The molecule has 0 fully saturated rings. The summed E-state index contributed by atoms with van der Waals surface area (Å²) < 4.78 is 34.1. The number of methoxy groups -OCH3 is 1. The molecular formula is C44H46N3O9PS. The molecule has 58 heavy (non-hydrogen) atoms. The van der Waals surface area contributed by atoms with Crippen molar-refractivity contribution in [3.63, 3.8) is 0 Å². The van der Waals surface area contributed by atoms with Crippen LogP contribution in [0.15, 0.2) is 138 Å². The number of phosphoric acid groups is 1. The monoisotopic (exact) mass is 823 g/mol. The average Bonchev–Trinajstić information content (AvgIpc) is 3.31. The van der Waals surface area contributed by atoms with Crippen LogP contribution in [-0.4, -0.2) is 47.6 Å². The number of anilines is 1. The van der Waals surface area contributed by atoms with E-state index in [-0.39, 0.29) is 31.2 Å². The number of rotatable bonds is 14. The molecule has 6 rings (SSSR count). The lowest BCUT2D eigenvalue weighted by atomic mass is 10.0. The molecule has 302 valence electrons. The number of nitrogens with one attached hydrogen (secondary N) is 2. The first-order valence-electron chi connectivity index (χ1n) is 18.6. The zero-order valence-electron chi connectivity index (χ0n) is 32.6. The van der Waals surface area contributed by atoms with Crippen molar-refractivity contribution < 1.29 is 42.4 Å². The number of thioether (sulfide) groups is 1. The van der Waals surface area contributed by atoms with E-state index in [0.717, 1.165) is 16.0 Å². The van der Waals surface area contributed by atoms with E-state index in [2.05, 4.69) is 10.6 Å². The van der Waals surface area contributed by atoms with Crippen LogP contribution in [-0.2, 0) is 43.0 Å². The smallest absolute Gasteiger partial charge is 0.497 e. The first-order valence-corrected chi connectivity index (χ1v) is 21.0. The molecule has 0 aliphatic carbocycles. The highest BCUT2D eigenvalue weighted by molar-refractivity contribution is 7.99. The van der Waals surface area contributed by atoms with Crippen molar-refractivity contribution in [3.8, 4) is 11.5 Å². The van der Waals surface area contributed by atoms with Crippen molar-refractivity contribution in [3.05, 3.63) is 156 Å². The van der Waals surface area contributed by atoms with Crippen molar-refractivity contribution in [2.45, 2.75) is 68.2 Å². The summed E-state index contributed by atoms with van der Waals surface area (Å²) in [5.41, 5.74) is 2.81. The standard InChI is InChI=1S/C44H46N3O9PS/c1-44(2,3)55-43(50)45-36(27-30-19-23-35(24-20-30)56-57(51,52)54-29-32-15-9-6-10-16-32)41(48)46-39-40(33-21-25-34(53-4)26-22-33)58-38-18-12-11-17-37(38)47(42(39)49)28-31-13-7-5-8-14-31/h5-26,36,39-40H,27-29H2,1-4H3,(H,45,50)(H,46,48)(H,51,52)/t36-,39?,40?/m0/s1. The summed E-state index contributed by atoms with van der Waals surface area (Å²) in [4.78, 5) is 55.6. The van der Waals surface area contributed by atoms with E-state index in [1.165, 1.54) is 23.9 Å². The molecule has 0 saturated heterocycles. The van der Waals surface area contributed by atoms with Gasteiger partial charge in [-0.15, -0.1) is 11.8 Å². The summed E-state index contributed by atoms with van der Waals surface area (Å²) in [5, 5.41) is 5.16. The van der Waals surface area contributed by atoms with Gasteiger partial charge >= 0.3 is 13.9 Å². The van der Waals surface area contributed by atoms with Gasteiger partial charge < -0.3 is 29.5 Å². The van der Waals surface area contributed by atoms with E-state index < -0.39 is 42.8 Å². The Morgan fingerprint density at radius 3 is 2.05 bits per heavy atom. The molecule has 3 N–H and O–H groups in total. The fourth-order valence-corrected chi connectivity index (χ4v) is 8.34. The van der Waals surface area contributed by atoms with Crippen LogP contribution in [0.4, 0.5) is 10.5 Å². The minimum atomic E-state index is -4.48. The fourth-order valence-electron chi connectivity index (χ4n) is 6.25. The minimum absolute atomic E-state index is 0.0259. The van der Waals surface area contributed by atoms with Crippen LogP contribution in [0.3, 0.4) is 0 Å². The Morgan fingerprint density at radius 1 is 0.810 bits per heavy atom. The van der Waals surface area contributed by atoms with Crippen LogP contribution < -0.4 is 24.8 Å². The van der Waals surface area contributed by atoms with Crippen molar-refractivity contribution in [1.82, 2.24) is 10.6 Å². The molecule has 5 aromatic rings. The maximum absolute atomic E-state index is 14.9. The third-order valence-electron chi connectivity index (χ3n) is 9.00.